The van der Waals surface area contributed by atoms with E-state index in [9.17, 15) is 14.9 Å². The van der Waals surface area contributed by atoms with Crippen molar-refractivity contribution >= 4 is 11.7 Å². The van der Waals surface area contributed by atoms with Crippen molar-refractivity contribution in [3.8, 4) is 17.4 Å². The molecular formula is C16H13N3O7. The normalized spacial score (nSPS) is 10.5. The highest BCUT2D eigenvalue weighted by Gasteiger charge is 2.20. The Balaban J connectivity index is 1.68. The lowest BCUT2D eigenvalue weighted by atomic mass is 10.2. The molecule has 0 spiro atoms. The van der Waals surface area contributed by atoms with E-state index < -0.39 is 10.9 Å². The van der Waals surface area contributed by atoms with Crippen molar-refractivity contribution in [3.63, 3.8) is 0 Å². The number of benzene rings is 1. The Hall–Kier alpha value is -3.69. The molecule has 134 valence electrons. The number of nitro benzene ring substituents is 1. The van der Waals surface area contributed by atoms with Crippen LogP contribution >= 0.6 is 0 Å². The predicted octanol–water partition coefficient (Wildman–Crippen LogP) is 2.99. The van der Waals surface area contributed by atoms with E-state index in [1.54, 1.807) is 19.1 Å². The second kappa shape index (κ2) is 7.47. The van der Waals surface area contributed by atoms with Crippen LogP contribution in [0.5, 0.6) is 5.75 Å². The molecule has 2 aromatic heterocycles. The lowest BCUT2D eigenvalue weighted by Gasteiger charge is -2.06. The minimum atomic E-state index is -0.770. The van der Waals surface area contributed by atoms with Crippen molar-refractivity contribution in [3.05, 3.63) is 58.2 Å². The van der Waals surface area contributed by atoms with E-state index in [1.165, 1.54) is 18.4 Å². The van der Waals surface area contributed by atoms with Crippen molar-refractivity contribution in [1.29, 1.82) is 0 Å². The van der Waals surface area contributed by atoms with Gasteiger partial charge in [-0.15, -0.1) is 10.2 Å². The fourth-order valence-corrected chi connectivity index (χ4v) is 2.09. The van der Waals surface area contributed by atoms with Gasteiger partial charge in [-0.25, -0.2) is 4.79 Å². The molecular weight excluding hydrogens is 346 g/mol. The molecule has 10 heteroatoms. The number of hydrogen-bond donors (Lipinski definition) is 0. The van der Waals surface area contributed by atoms with Crippen LogP contribution in [0.2, 0.25) is 0 Å². The number of aromatic nitrogens is 2. The molecule has 3 aromatic rings. The smallest absolute Gasteiger partial charge is 0.338 e. The van der Waals surface area contributed by atoms with Gasteiger partial charge in [0.2, 0.25) is 0 Å². The van der Waals surface area contributed by atoms with Crippen LogP contribution in [0, 0.1) is 10.1 Å². The van der Waals surface area contributed by atoms with E-state index >= 15 is 0 Å². The molecule has 0 aliphatic rings. The summed E-state index contributed by atoms with van der Waals surface area (Å²) in [6, 6.07) is 7.12. The van der Waals surface area contributed by atoms with Crippen molar-refractivity contribution in [2.75, 3.05) is 6.61 Å². The molecule has 0 saturated heterocycles. The van der Waals surface area contributed by atoms with Crippen LogP contribution in [0.15, 0.2) is 45.4 Å². The van der Waals surface area contributed by atoms with Gasteiger partial charge in [0.15, 0.2) is 18.1 Å². The van der Waals surface area contributed by atoms with Gasteiger partial charge in [0.1, 0.15) is 0 Å². The quantitative estimate of drug-likeness (QED) is 0.355. The molecule has 0 bridgehead atoms. The van der Waals surface area contributed by atoms with Crippen LogP contribution in [0.4, 0.5) is 5.69 Å². The van der Waals surface area contributed by atoms with E-state index in [4.69, 9.17) is 18.3 Å². The molecule has 0 fully saturated rings. The number of nitro groups is 1. The lowest BCUT2D eigenvalue weighted by Crippen LogP contribution is -2.07. The first-order valence-corrected chi connectivity index (χ1v) is 7.53. The van der Waals surface area contributed by atoms with Crippen LogP contribution in [0.1, 0.15) is 23.2 Å². The zero-order chi connectivity index (χ0) is 18.5. The zero-order valence-corrected chi connectivity index (χ0v) is 13.6. The van der Waals surface area contributed by atoms with Gasteiger partial charge in [-0.05, 0) is 31.2 Å². The highest BCUT2D eigenvalue weighted by molar-refractivity contribution is 5.90. The van der Waals surface area contributed by atoms with E-state index in [2.05, 4.69) is 10.2 Å². The van der Waals surface area contributed by atoms with Gasteiger partial charge in [-0.2, -0.15) is 0 Å². The van der Waals surface area contributed by atoms with Gasteiger partial charge in [-0.1, -0.05) is 0 Å². The van der Waals surface area contributed by atoms with E-state index in [0.29, 0.717) is 5.76 Å². The maximum Gasteiger partial charge on any atom is 0.338 e. The number of ether oxygens (including phenoxy) is 2. The first-order valence-electron chi connectivity index (χ1n) is 7.53. The summed E-state index contributed by atoms with van der Waals surface area (Å²) in [6.07, 6.45) is 1.46. The molecule has 0 N–H and O–H groups in total. The predicted molar refractivity (Wildman–Crippen MR) is 85.4 cm³/mol. The number of carbonyl (C=O) groups excluding carboxylic acids is 1. The average Bonchev–Trinajstić information content (AvgIpc) is 3.31. The molecule has 0 aliphatic heterocycles. The van der Waals surface area contributed by atoms with Gasteiger partial charge < -0.3 is 18.3 Å². The maximum atomic E-state index is 12.1. The number of hydrogen-bond acceptors (Lipinski definition) is 9. The molecule has 10 nitrogen and oxygen atoms in total. The van der Waals surface area contributed by atoms with Gasteiger partial charge in [-0.3, -0.25) is 10.1 Å². The van der Waals surface area contributed by atoms with Crippen molar-refractivity contribution in [2.24, 2.45) is 0 Å². The summed E-state index contributed by atoms with van der Waals surface area (Å²) in [4.78, 5) is 22.6. The standard InChI is InChI=1S/C16H13N3O7/c1-2-23-12-6-5-10(8-11(12)19(21)22)16(20)25-9-14-17-18-15(26-14)13-4-3-7-24-13/h3-8H,2,9H2,1H3. The van der Waals surface area contributed by atoms with Crippen LogP contribution in [-0.4, -0.2) is 27.7 Å². The van der Waals surface area contributed by atoms with Crippen LogP contribution in [0.3, 0.4) is 0 Å². The Morgan fingerprint density at radius 1 is 1.31 bits per heavy atom. The van der Waals surface area contributed by atoms with Gasteiger partial charge in [0.05, 0.1) is 23.4 Å². The lowest BCUT2D eigenvalue weighted by molar-refractivity contribution is -0.385. The molecule has 0 amide bonds. The number of nitrogens with zero attached hydrogens (tertiary/aromatic N) is 3. The highest BCUT2D eigenvalue weighted by Crippen LogP contribution is 2.28. The van der Waals surface area contributed by atoms with E-state index in [-0.39, 0.29) is 42.0 Å². The Morgan fingerprint density at radius 2 is 2.15 bits per heavy atom. The number of esters is 1. The average molecular weight is 359 g/mol. The molecule has 2 heterocycles. The Kier molecular flexibility index (Phi) is 4.92. The topological polar surface area (TPSA) is 131 Å². The maximum absolute atomic E-state index is 12.1. The summed E-state index contributed by atoms with van der Waals surface area (Å²) in [7, 11) is 0. The first-order chi connectivity index (χ1) is 12.6. The highest BCUT2D eigenvalue weighted by atomic mass is 16.6. The van der Waals surface area contributed by atoms with Gasteiger partial charge >= 0.3 is 11.7 Å². The Morgan fingerprint density at radius 3 is 2.85 bits per heavy atom. The van der Waals surface area contributed by atoms with E-state index in [1.807, 2.05) is 0 Å². The summed E-state index contributed by atoms with van der Waals surface area (Å²) >= 11 is 0. The van der Waals surface area contributed by atoms with Crippen molar-refractivity contribution in [1.82, 2.24) is 10.2 Å². The van der Waals surface area contributed by atoms with Gasteiger partial charge in [0.25, 0.3) is 11.8 Å². The van der Waals surface area contributed by atoms with E-state index in [0.717, 1.165) is 6.07 Å². The molecule has 26 heavy (non-hydrogen) atoms. The second-order valence-corrected chi connectivity index (χ2v) is 4.93. The van der Waals surface area contributed by atoms with Crippen LogP contribution in [-0.2, 0) is 11.3 Å². The summed E-state index contributed by atoms with van der Waals surface area (Å²) in [5.74, 6) is -0.0944. The molecule has 0 saturated carbocycles. The summed E-state index contributed by atoms with van der Waals surface area (Å²) < 4.78 is 20.6. The molecule has 1 aromatic carbocycles. The van der Waals surface area contributed by atoms with Crippen molar-refractivity contribution in [2.45, 2.75) is 13.5 Å². The van der Waals surface area contributed by atoms with Crippen LogP contribution in [0.25, 0.3) is 11.7 Å². The Labute approximate surface area is 146 Å². The third-order valence-electron chi connectivity index (χ3n) is 3.22. The number of furan rings is 1. The zero-order valence-electron chi connectivity index (χ0n) is 13.6. The molecule has 0 unspecified atom stereocenters. The second-order valence-electron chi connectivity index (χ2n) is 4.93. The monoisotopic (exact) mass is 359 g/mol. The molecule has 0 radical (unpaired) electrons. The third-order valence-corrected chi connectivity index (χ3v) is 3.22. The SMILES string of the molecule is CCOc1ccc(C(=O)OCc2nnc(-c3ccco3)o2)cc1[N+](=O)[O-]. The first kappa shape index (κ1) is 17.1. The number of carbonyl (C=O) groups is 1. The largest absolute Gasteiger partial charge is 0.487 e. The summed E-state index contributed by atoms with van der Waals surface area (Å²) in [5, 5.41) is 18.6. The third kappa shape index (κ3) is 3.69. The molecule has 0 atom stereocenters. The summed E-state index contributed by atoms with van der Waals surface area (Å²) in [5.41, 5.74) is -0.315. The molecule has 3 rings (SSSR count). The van der Waals surface area contributed by atoms with Gasteiger partial charge in [0, 0.05) is 6.07 Å². The summed E-state index contributed by atoms with van der Waals surface area (Å²) in [6.45, 7) is 1.68. The fourth-order valence-electron chi connectivity index (χ4n) is 2.09. The Bertz CT molecular complexity index is 918. The van der Waals surface area contributed by atoms with Crippen molar-refractivity contribution < 1.29 is 28.0 Å². The molecule has 0 aliphatic carbocycles. The fraction of sp³-hybridized carbons (Fsp3) is 0.188. The van der Waals surface area contributed by atoms with Crippen LogP contribution < -0.4 is 4.74 Å². The number of rotatable bonds is 7. The minimum Gasteiger partial charge on any atom is -0.487 e. The minimum absolute atomic E-state index is 0.00549.